The van der Waals surface area contributed by atoms with Crippen molar-refractivity contribution < 1.29 is 13.5 Å². The fourth-order valence-electron chi connectivity index (χ4n) is 3.54. The molecule has 0 aliphatic heterocycles. The molecule has 33 heavy (non-hydrogen) atoms. The van der Waals surface area contributed by atoms with Crippen LogP contribution in [0.25, 0.3) is 33.4 Å². The SMILES string of the molecule is CNc1nc(-c2cccnc2)nc2c(OCc3cccs3)cc(-c3cc(F)ccc3F)cc12. The number of nitrogens with zero attached hydrogens (tertiary/aromatic N) is 3. The zero-order chi connectivity index (χ0) is 22.8. The molecule has 5 rings (SSSR count). The minimum Gasteiger partial charge on any atom is -0.486 e. The third-order valence-electron chi connectivity index (χ3n) is 5.11. The quantitative estimate of drug-likeness (QED) is 0.321. The number of thiophene rings is 1. The van der Waals surface area contributed by atoms with Gasteiger partial charge in [-0.25, -0.2) is 18.7 Å². The van der Waals surface area contributed by atoms with Gasteiger partial charge in [-0.05, 0) is 59.5 Å². The van der Waals surface area contributed by atoms with Crippen LogP contribution in [0.2, 0.25) is 0 Å². The fourth-order valence-corrected chi connectivity index (χ4v) is 4.16. The molecule has 1 N–H and O–H groups in total. The highest BCUT2D eigenvalue weighted by atomic mass is 32.1. The maximum Gasteiger partial charge on any atom is 0.163 e. The van der Waals surface area contributed by atoms with Gasteiger partial charge in [-0.1, -0.05) is 6.07 Å². The highest BCUT2D eigenvalue weighted by Gasteiger charge is 2.17. The first-order chi connectivity index (χ1) is 16.1. The molecule has 0 amide bonds. The number of hydrogen-bond acceptors (Lipinski definition) is 6. The predicted octanol–water partition coefficient (Wildman–Crippen LogP) is 6.32. The van der Waals surface area contributed by atoms with Crippen molar-refractivity contribution >= 4 is 28.1 Å². The summed E-state index contributed by atoms with van der Waals surface area (Å²) in [5, 5.41) is 5.69. The van der Waals surface area contributed by atoms with Gasteiger partial charge < -0.3 is 10.1 Å². The molecule has 0 bridgehead atoms. The zero-order valence-electron chi connectivity index (χ0n) is 17.5. The number of halogens is 2. The van der Waals surface area contributed by atoms with E-state index in [1.165, 1.54) is 6.07 Å². The third-order valence-corrected chi connectivity index (χ3v) is 5.96. The molecule has 3 aromatic heterocycles. The summed E-state index contributed by atoms with van der Waals surface area (Å²) in [5.41, 5.74) is 1.91. The average molecular weight is 461 g/mol. The Kier molecular flexibility index (Phi) is 5.66. The molecule has 0 unspecified atom stereocenters. The Bertz CT molecular complexity index is 1430. The second-order valence-corrected chi connectivity index (χ2v) is 8.28. The third kappa shape index (κ3) is 4.25. The Morgan fingerprint density at radius 3 is 2.67 bits per heavy atom. The summed E-state index contributed by atoms with van der Waals surface area (Å²) in [6, 6.07) is 14.4. The van der Waals surface area contributed by atoms with Crippen LogP contribution in [-0.4, -0.2) is 22.0 Å². The molecule has 164 valence electrons. The molecule has 0 spiro atoms. The molecule has 0 radical (unpaired) electrons. The van der Waals surface area contributed by atoms with E-state index >= 15 is 0 Å². The van der Waals surface area contributed by atoms with Crippen molar-refractivity contribution in [2.45, 2.75) is 6.61 Å². The molecular formula is C25H18F2N4OS. The maximum absolute atomic E-state index is 14.6. The van der Waals surface area contributed by atoms with Crippen LogP contribution in [0.1, 0.15) is 4.88 Å². The lowest BCUT2D eigenvalue weighted by Crippen LogP contribution is -2.02. The molecule has 5 nitrogen and oxygen atoms in total. The van der Waals surface area contributed by atoms with Crippen LogP contribution in [0.15, 0.2) is 72.4 Å². The average Bonchev–Trinajstić information content (AvgIpc) is 3.37. The van der Waals surface area contributed by atoms with E-state index in [-0.39, 0.29) is 5.56 Å². The first kappa shape index (κ1) is 21.0. The Balaban J connectivity index is 1.73. The summed E-state index contributed by atoms with van der Waals surface area (Å²) >= 11 is 1.57. The minimum absolute atomic E-state index is 0.135. The molecule has 0 saturated heterocycles. The van der Waals surface area contributed by atoms with E-state index < -0.39 is 11.6 Å². The largest absolute Gasteiger partial charge is 0.486 e. The molecule has 0 saturated carbocycles. The number of fused-ring (bicyclic) bond motifs is 1. The van der Waals surface area contributed by atoms with Gasteiger partial charge in [0.05, 0.1) is 0 Å². The number of nitrogens with one attached hydrogen (secondary N) is 1. The Labute approximate surface area is 192 Å². The molecule has 5 aromatic rings. The van der Waals surface area contributed by atoms with Gasteiger partial charge in [-0.3, -0.25) is 4.98 Å². The minimum atomic E-state index is -0.529. The second kappa shape index (κ2) is 8.91. The van der Waals surface area contributed by atoms with Crippen molar-refractivity contribution in [3.05, 3.63) is 88.9 Å². The van der Waals surface area contributed by atoms with Crippen molar-refractivity contribution in [3.8, 4) is 28.3 Å². The first-order valence-electron chi connectivity index (χ1n) is 10.2. The molecular weight excluding hydrogens is 442 g/mol. The van der Waals surface area contributed by atoms with E-state index in [4.69, 9.17) is 9.72 Å². The Morgan fingerprint density at radius 1 is 1.00 bits per heavy atom. The highest BCUT2D eigenvalue weighted by molar-refractivity contribution is 7.09. The van der Waals surface area contributed by atoms with Gasteiger partial charge in [0.2, 0.25) is 0 Å². The van der Waals surface area contributed by atoms with Crippen LogP contribution in [0.4, 0.5) is 14.6 Å². The van der Waals surface area contributed by atoms with Crippen molar-refractivity contribution in [1.82, 2.24) is 15.0 Å². The molecule has 0 fully saturated rings. The van der Waals surface area contributed by atoms with Crippen LogP contribution in [0.5, 0.6) is 5.75 Å². The lowest BCUT2D eigenvalue weighted by Gasteiger charge is -2.15. The molecule has 0 aliphatic carbocycles. The van der Waals surface area contributed by atoms with E-state index in [2.05, 4.69) is 15.3 Å². The highest BCUT2D eigenvalue weighted by Crippen LogP contribution is 2.37. The number of ether oxygens (including phenoxy) is 1. The van der Waals surface area contributed by atoms with Crippen LogP contribution < -0.4 is 10.1 Å². The van der Waals surface area contributed by atoms with Crippen LogP contribution in [-0.2, 0) is 6.61 Å². The number of hydrogen-bond donors (Lipinski definition) is 1. The van der Waals surface area contributed by atoms with E-state index in [1.54, 1.807) is 42.9 Å². The van der Waals surface area contributed by atoms with Crippen LogP contribution >= 0.6 is 11.3 Å². The monoisotopic (exact) mass is 460 g/mol. The molecule has 2 aromatic carbocycles. The number of anilines is 1. The maximum atomic E-state index is 14.6. The standard InChI is InChI=1S/C25H18F2N4OS/c1-28-25-20-10-16(19-12-17(26)6-7-21(19)27)11-22(32-14-18-5-3-9-33-18)23(20)30-24(31-25)15-4-2-8-29-13-15/h2-13H,14H2,1H3,(H,28,30,31). The van der Waals surface area contributed by atoms with E-state index in [9.17, 15) is 8.78 Å². The summed E-state index contributed by atoms with van der Waals surface area (Å²) < 4.78 is 34.7. The molecule has 0 atom stereocenters. The lowest BCUT2D eigenvalue weighted by atomic mass is 10.0. The lowest BCUT2D eigenvalue weighted by molar-refractivity contribution is 0.313. The predicted molar refractivity (Wildman–Crippen MR) is 126 cm³/mol. The summed E-state index contributed by atoms with van der Waals surface area (Å²) in [6.45, 7) is 0.322. The Morgan fingerprint density at radius 2 is 1.91 bits per heavy atom. The van der Waals surface area contributed by atoms with E-state index in [1.807, 2.05) is 29.6 Å². The van der Waals surface area contributed by atoms with Gasteiger partial charge in [0.25, 0.3) is 0 Å². The second-order valence-electron chi connectivity index (χ2n) is 7.25. The number of pyridine rings is 1. The van der Waals surface area contributed by atoms with E-state index in [0.29, 0.717) is 40.5 Å². The number of benzene rings is 2. The number of rotatable bonds is 6. The van der Waals surface area contributed by atoms with E-state index in [0.717, 1.165) is 22.6 Å². The van der Waals surface area contributed by atoms with Crippen molar-refractivity contribution in [3.63, 3.8) is 0 Å². The van der Waals surface area contributed by atoms with Crippen molar-refractivity contribution in [2.75, 3.05) is 12.4 Å². The summed E-state index contributed by atoms with van der Waals surface area (Å²) in [5.74, 6) is 0.413. The normalized spacial score (nSPS) is 11.0. The van der Waals surface area contributed by atoms with Crippen LogP contribution in [0, 0.1) is 11.6 Å². The van der Waals surface area contributed by atoms with Gasteiger partial charge in [0.15, 0.2) is 5.82 Å². The summed E-state index contributed by atoms with van der Waals surface area (Å²) in [6.07, 6.45) is 3.36. The van der Waals surface area contributed by atoms with Gasteiger partial charge >= 0.3 is 0 Å². The van der Waals surface area contributed by atoms with Gasteiger partial charge in [0.1, 0.15) is 35.3 Å². The molecule has 3 heterocycles. The number of aromatic nitrogens is 3. The van der Waals surface area contributed by atoms with Gasteiger partial charge in [-0.15, -0.1) is 11.3 Å². The van der Waals surface area contributed by atoms with Crippen molar-refractivity contribution in [2.24, 2.45) is 0 Å². The van der Waals surface area contributed by atoms with Crippen molar-refractivity contribution in [1.29, 1.82) is 0 Å². The first-order valence-corrected chi connectivity index (χ1v) is 11.0. The molecule has 8 heteroatoms. The molecule has 0 aliphatic rings. The summed E-state index contributed by atoms with van der Waals surface area (Å²) in [7, 11) is 1.75. The zero-order valence-corrected chi connectivity index (χ0v) is 18.4. The van der Waals surface area contributed by atoms with Gasteiger partial charge in [0, 0.05) is 40.8 Å². The Hall–Kier alpha value is -3.91. The van der Waals surface area contributed by atoms with Crippen LogP contribution in [0.3, 0.4) is 0 Å². The van der Waals surface area contributed by atoms with Gasteiger partial charge in [-0.2, -0.15) is 0 Å². The smallest absolute Gasteiger partial charge is 0.163 e. The topological polar surface area (TPSA) is 59.9 Å². The fraction of sp³-hybridized carbons (Fsp3) is 0.0800. The summed E-state index contributed by atoms with van der Waals surface area (Å²) in [4.78, 5) is 14.6.